The Morgan fingerprint density at radius 2 is 1.85 bits per heavy atom. The Kier molecular flexibility index (Phi) is 6.29. The lowest BCUT2D eigenvalue weighted by atomic mass is 10.2. The molecule has 1 fully saturated rings. The lowest BCUT2D eigenvalue weighted by Crippen LogP contribution is -2.50. The number of halogens is 1. The maximum absolute atomic E-state index is 12.6. The smallest absolute Gasteiger partial charge is 0.322 e. The van der Waals surface area contributed by atoms with E-state index in [2.05, 4.69) is 10.2 Å². The molecule has 6 nitrogen and oxygen atoms in total. The van der Waals surface area contributed by atoms with Crippen LogP contribution in [0.25, 0.3) is 0 Å². The summed E-state index contributed by atoms with van der Waals surface area (Å²) in [5, 5.41) is 3.61. The number of hydrogen-bond donors (Lipinski definition) is 1. The van der Waals surface area contributed by atoms with Crippen molar-refractivity contribution in [1.82, 2.24) is 4.90 Å². The van der Waals surface area contributed by atoms with E-state index in [0.717, 1.165) is 11.4 Å². The van der Waals surface area contributed by atoms with Gasteiger partial charge in [-0.3, -0.25) is 0 Å². The predicted octanol–water partition coefficient (Wildman–Crippen LogP) is 4.10. The van der Waals surface area contributed by atoms with Gasteiger partial charge in [-0.25, -0.2) is 4.79 Å². The van der Waals surface area contributed by atoms with E-state index < -0.39 is 0 Å². The molecule has 0 spiro atoms. The summed E-state index contributed by atoms with van der Waals surface area (Å²) in [6, 6.07) is 12.9. The van der Waals surface area contributed by atoms with Crippen LogP contribution >= 0.6 is 11.6 Å². The average molecular weight is 390 g/mol. The summed E-state index contributed by atoms with van der Waals surface area (Å²) in [5.41, 5.74) is 1.63. The summed E-state index contributed by atoms with van der Waals surface area (Å²) in [5.74, 6) is 1.46. The first kappa shape index (κ1) is 19.2. The Hall–Kier alpha value is -2.60. The van der Waals surface area contributed by atoms with Crippen LogP contribution in [0.5, 0.6) is 11.5 Å². The van der Waals surface area contributed by atoms with Crippen molar-refractivity contribution in [3.63, 3.8) is 0 Å². The number of benzene rings is 2. The van der Waals surface area contributed by atoms with Crippen LogP contribution < -0.4 is 19.7 Å². The highest BCUT2D eigenvalue weighted by atomic mass is 35.5. The van der Waals surface area contributed by atoms with Gasteiger partial charge in [-0.05, 0) is 37.3 Å². The van der Waals surface area contributed by atoms with Gasteiger partial charge in [0.15, 0.2) is 0 Å². The minimum atomic E-state index is -0.125. The molecule has 0 unspecified atom stereocenters. The van der Waals surface area contributed by atoms with Gasteiger partial charge >= 0.3 is 6.03 Å². The number of nitrogens with one attached hydrogen (secondary N) is 1. The number of urea groups is 1. The van der Waals surface area contributed by atoms with Crippen molar-refractivity contribution in [2.24, 2.45) is 0 Å². The van der Waals surface area contributed by atoms with Crippen molar-refractivity contribution in [1.29, 1.82) is 0 Å². The number of piperazine rings is 1. The maximum atomic E-state index is 12.6. The fraction of sp³-hybridized carbons (Fsp3) is 0.350. The monoisotopic (exact) mass is 389 g/mol. The van der Waals surface area contributed by atoms with Crippen molar-refractivity contribution in [3.05, 3.63) is 47.5 Å². The average Bonchev–Trinajstić information content (AvgIpc) is 2.70. The summed E-state index contributed by atoms with van der Waals surface area (Å²) < 4.78 is 11.0. The second kappa shape index (κ2) is 8.86. The minimum Gasteiger partial charge on any atom is -0.495 e. The number of hydrogen-bond acceptors (Lipinski definition) is 4. The highest BCUT2D eigenvalue weighted by molar-refractivity contribution is 6.30. The molecule has 0 aromatic heterocycles. The van der Waals surface area contributed by atoms with Gasteiger partial charge in [0.05, 0.1) is 25.1 Å². The van der Waals surface area contributed by atoms with E-state index in [4.69, 9.17) is 21.1 Å². The van der Waals surface area contributed by atoms with Gasteiger partial charge in [0.1, 0.15) is 11.5 Å². The predicted molar refractivity (Wildman–Crippen MR) is 108 cm³/mol. The Morgan fingerprint density at radius 1 is 1.11 bits per heavy atom. The van der Waals surface area contributed by atoms with E-state index in [-0.39, 0.29) is 6.03 Å². The molecule has 3 rings (SSSR count). The van der Waals surface area contributed by atoms with E-state index >= 15 is 0 Å². The van der Waals surface area contributed by atoms with E-state index in [9.17, 15) is 4.79 Å². The molecule has 27 heavy (non-hydrogen) atoms. The van der Waals surface area contributed by atoms with Crippen molar-refractivity contribution < 1.29 is 14.3 Å². The third kappa shape index (κ3) is 4.57. The lowest BCUT2D eigenvalue weighted by Gasteiger charge is -2.36. The Morgan fingerprint density at radius 3 is 2.56 bits per heavy atom. The van der Waals surface area contributed by atoms with Gasteiger partial charge in [-0.1, -0.05) is 23.7 Å². The molecule has 1 aliphatic rings. The summed E-state index contributed by atoms with van der Waals surface area (Å²) >= 11 is 6.13. The highest BCUT2D eigenvalue weighted by Gasteiger charge is 2.23. The van der Waals surface area contributed by atoms with Crippen LogP contribution in [0.1, 0.15) is 6.92 Å². The van der Waals surface area contributed by atoms with Crippen LogP contribution in [0.4, 0.5) is 16.2 Å². The lowest BCUT2D eigenvalue weighted by molar-refractivity contribution is 0.208. The first-order valence-electron chi connectivity index (χ1n) is 8.98. The van der Waals surface area contributed by atoms with Gasteiger partial charge < -0.3 is 24.6 Å². The number of anilines is 2. The Balaban J connectivity index is 1.63. The number of rotatable bonds is 5. The van der Waals surface area contributed by atoms with Crippen LogP contribution in [0.15, 0.2) is 42.5 Å². The molecule has 2 aromatic carbocycles. The number of amides is 2. The van der Waals surface area contributed by atoms with Gasteiger partial charge in [-0.15, -0.1) is 0 Å². The fourth-order valence-electron chi connectivity index (χ4n) is 3.11. The van der Waals surface area contributed by atoms with Crippen LogP contribution in [0.2, 0.25) is 5.02 Å². The number of carbonyl (C=O) groups excluding carboxylic acids is 1. The molecule has 0 atom stereocenters. The second-order valence-corrected chi connectivity index (χ2v) is 6.59. The zero-order valence-corrected chi connectivity index (χ0v) is 16.3. The number of ether oxygens (including phenoxy) is 2. The molecule has 144 valence electrons. The van der Waals surface area contributed by atoms with Gasteiger partial charge in [0.2, 0.25) is 0 Å². The minimum absolute atomic E-state index is 0.125. The van der Waals surface area contributed by atoms with Crippen LogP contribution in [-0.2, 0) is 0 Å². The molecular weight excluding hydrogens is 366 g/mol. The molecule has 1 saturated heterocycles. The fourth-order valence-corrected chi connectivity index (χ4v) is 3.27. The molecule has 0 aliphatic carbocycles. The molecule has 0 bridgehead atoms. The Labute approximate surface area is 164 Å². The zero-order chi connectivity index (χ0) is 19.2. The zero-order valence-electron chi connectivity index (χ0n) is 15.6. The maximum Gasteiger partial charge on any atom is 0.322 e. The SMILES string of the molecule is CCOc1ccccc1NC(=O)N1CCN(c2cc(Cl)ccc2OC)CC1. The van der Waals surface area contributed by atoms with E-state index in [1.807, 2.05) is 49.4 Å². The molecule has 0 saturated carbocycles. The number of para-hydroxylation sites is 2. The Bertz CT molecular complexity index is 792. The molecule has 1 aliphatic heterocycles. The van der Waals surface area contributed by atoms with E-state index in [1.165, 1.54) is 0 Å². The van der Waals surface area contributed by atoms with Gasteiger partial charge in [0.25, 0.3) is 0 Å². The van der Waals surface area contributed by atoms with Crippen molar-refractivity contribution in [2.75, 3.05) is 50.1 Å². The molecular formula is C20H24ClN3O3. The summed E-state index contributed by atoms with van der Waals surface area (Å²) in [7, 11) is 1.65. The topological polar surface area (TPSA) is 54.0 Å². The number of nitrogens with zero attached hydrogens (tertiary/aromatic N) is 2. The molecule has 7 heteroatoms. The summed E-state index contributed by atoms with van der Waals surface area (Å²) in [6.45, 7) is 5.10. The van der Waals surface area contributed by atoms with Gasteiger partial charge in [0, 0.05) is 31.2 Å². The van der Waals surface area contributed by atoms with Crippen LogP contribution in [0.3, 0.4) is 0 Å². The quantitative estimate of drug-likeness (QED) is 0.836. The normalized spacial score (nSPS) is 14.0. The van der Waals surface area contributed by atoms with Crippen molar-refractivity contribution >= 4 is 29.0 Å². The third-order valence-corrected chi connectivity index (χ3v) is 4.71. The van der Waals surface area contributed by atoms with Crippen molar-refractivity contribution in [2.45, 2.75) is 6.92 Å². The standard InChI is InChI=1S/C20H24ClN3O3/c1-3-27-18-7-5-4-6-16(18)22-20(25)24-12-10-23(11-13-24)17-14-15(21)8-9-19(17)26-2/h4-9,14H,3,10-13H2,1-2H3,(H,22,25). The molecule has 0 radical (unpaired) electrons. The third-order valence-electron chi connectivity index (χ3n) is 4.48. The summed E-state index contributed by atoms with van der Waals surface area (Å²) in [4.78, 5) is 16.6. The number of methoxy groups -OCH3 is 1. The van der Waals surface area contributed by atoms with Crippen molar-refractivity contribution in [3.8, 4) is 11.5 Å². The van der Waals surface area contributed by atoms with Gasteiger partial charge in [-0.2, -0.15) is 0 Å². The van der Waals surface area contributed by atoms with Crippen LogP contribution in [0, 0.1) is 0 Å². The molecule has 2 amide bonds. The first-order chi connectivity index (χ1) is 13.1. The molecule has 2 aromatic rings. The van der Waals surface area contributed by atoms with E-state index in [1.54, 1.807) is 12.0 Å². The second-order valence-electron chi connectivity index (χ2n) is 6.15. The summed E-state index contributed by atoms with van der Waals surface area (Å²) in [6.07, 6.45) is 0. The first-order valence-corrected chi connectivity index (χ1v) is 9.36. The largest absolute Gasteiger partial charge is 0.495 e. The number of carbonyl (C=O) groups is 1. The van der Waals surface area contributed by atoms with Crippen LogP contribution in [-0.4, -0.2) is 50.8 Å². The van der Waals surface area contributed by atoms with E-state index in [0.29, 0.717) is 49.2 Å². The highest BCUT2D eigenvalue weighted by Crippen LogP contribution is 2.32. The molecule has 1 heterocycles. The molecule has 1 N–H and O–H groups in total.